The minimum atomic E-state index is 0.0985. The number of aromatic nitrogens is 4. The number of fused-ring (bicyclic) bond motifs is 1. The Labute approximate surface area is 109 Å². The van der Waals surface area contributed by atoms with Gasteiger partial charge in [0.2, 0.25) is 0 Å². The fraction of sp³-hybridized carbons (Fsp3) is 0.250. The van der Waals surface area contributed by atoms with Crippen LogP contribution in [0.4, 0.5) is 5.00 Å². The molecular weight excluding hydrogens is 246 g/mol. The molecule has 6 heteroatoms. The first-order valence-electron chi connectivity index (χ1n) is 5.70. The summed E-state index contributed by atoms with van der Waals surface area (Å²) in [4.78, 5) is 0. The lowest BCUT2D eigenvalue weighted by atomic mass is 10.2. The van der Waals surface area contributed by atoms with Gasteiger partial charge < -0.3 is 9.88 Å². The van der Waals surface area contributed by atoms with Crippen LogP contribution in [0.5, 0.6) is 0 Å². The highest BCUT2D eigenvalue weighted by molar-refractivity contribution is 7.11. The Balaban J connectivity index is 1.91. The lowest BCUT2D eigenvalue weighted by Gasteiger charge is -2.12. The van der Waals surface area contributed by atoms with Crippen molar-refractivity contribution >= 4 is 27.4 Å². The van der Waals surface area contributed by atoms with E-state index < -0.39 is 0 Å². The average Bonchev–Trinajstić information content (AvgIpc) is 2.97. The molecule has 92 valence electrons. The Morgan fingerprint density at radius 3 is 2.94 bits per heavy atom. The number of hydrogen-bond acceptors (Lipinski definition) is 5. The van der Waals surface area contributed by atoms with Crippen LogP contribution in [0.15, 0.2) is 30.6 Å². The average molecular weight is 259 g/mol. The van der Waals surface area contributed by atoms with Gasteiger partial charge in [-0.15, -0.1) is 10.2 Å². The predicted octanol–water partition coefficient (Wildman–Crippen LogP) is 2.60. The van der Waals surface area contributed by atoms with Gasteiger partial charge in [-0.25, -0.2) is 0 Å². The van der Waals surface area contributed by atoms with Gasteiger partial charge in [-0.1, -0.05) is 12.1 Å². The lowest BCUT2D eigenvalue weighted by molar-refractivity contribution is 0.721. The first-order valence-corrected chi connectivity index (χ1v) is 6.48. The van der Waals surface area contributed by atoms with Gasteiger partial charge in [0.05, 0.1) is 11.6 Å². The summed E-state index contributed by atoms with van der Waals surface area (Å²) in [6, 6.07) is 8.21. The third-order valence-corrected chi connectivity index (χ3v) is 3.67. The maximum absolute atomic E-state index is 4.41. The van der Waals surface area contributed by atoms with E-state index in [1.807, 2.05) is 29.8 Å². The van der Waals surface area contributed by atoms with Crippen LogP contribution in [0, 0.1) is 0 Å². The quantitative estimate of drug-likeness (QED) is 0.785. The van der Waals surface area contributed by atoms with Gasteiger partial charge in [0.15, 0.2) is 5.82 Å². The topological polar surface area (TPSA) is 55.6 Å². The van der Waals surface area contributed by atoms with Crippen molar-refractivity contribution in [3.05, 3.63) is 36.4 Å². The maximum atomic E-state index is 4.41. The van der Waals surface area contributed by atoms with Gasteiger partial charge in [0, 0.05) is 12.4 Å². The van der Waals surface area contributed by atoms with Gasteiger partial charge >= 0.3 is 0 Å². The largest absolute Gasteiger partial charge is 0.365 e. The SMILES string of the molecule is CC(Nc1snc2ccccc12)c1nncn1C. The Morgan fingerprint density at radius 1 is 1.33 bits per heavy atom. The molecule has 0 bridgehead atoms. The fourth-order valence-corrected chi connectivity index (χ4v) is 2.79. The molecular formula is C12H13N5S. The predicted molar refractivity (Wildman–Crippen MR) is 72.7 cm³/mol. The number of nitrogens with one attached hydrogen (secondary N) is 1. The molecule has 5 nitrogen and oxygen atoms in total. The molecule has 0 aliphatic carbocycles. The second-order valence-corrected chi connectivity index (χ2v) is 4.97. The second-order valence-electron chi connectivity index (χ2n) is 4.19. The summed E-state index contributed by atoms with van der Waals surface area (Å²) < 4.78 is 6.33. The molecule has 3 aromatic rings. The van der Waals surface area contributed by atoms with Gasteiger partial charge in [0.25, 0.3) is 0 Å². The van der Waals surface area contributed by atoms with E-state index in [1.165, 1.54) is 11.5 Å². The van der Waals surface area contributed by atoms with E-state index >= 15 is 0 Å². The number of anilines is 1. The summed E-state index contributed by atoms with van der Waals surface area (Å²) in [5.41, 5.74) is 1.02. The van der Waals surface area contributed by atoms with Crippen LogP contribution < -0.4 is 5.32 Å². The third-order valence-electron chi connectivity index (χ3n) is 2.87. The molecule has 0 fully saturated rings. The molecule has 2 aromatic heterocycles. The zero-order valence-electron chi connectivity index (χ0n) is 10.2. The van der Waals surface area contributed by atoms with Gasteiger partial charge in [-0.05, 0) is 30.6 Å². The first-order chi connectivity index (χ1) is 8.75. The number of nitrogens with zero attached hydrogens (tertiary/aromatic N) is 4. The number of benzene rings is 1. The molecule has 1 aromatic carbocycles. The van der Waals surface area contributed by atoms with E-state index in [0.29, 0.717) is 0 Å². The van der Waals surface area contributed by atoms with Gasteiger partial charge in [-0.3, -0.25) is 0 Å². The molecule has 2 heterocycles. The first kappa shape index (κ1) is 11.2. The van der Waals surface area contributed by atoms with Crippen LogP contribution in [0.2, 0.25) is 0 Å². The number of hydrogen-bond donors (Lipinski definition) is 1. The molecule has 0 aliphatic rings. The van der Waals surface area contributed by atoms with Crippen molar-refractivity contribution in [2.24, 2.45) is 7.05 Å². The summed E-state index contributed by atoms with van der Waals surface area (Å²) in [6.45, 7) is 2.07. The summed E-state index contributed by atoms with van der Waals surface area (Å²) >= 11 is 1.48. The number of rotatable bonds is 3. The Bertz CT molecular complexity index is 672. The van der Waals surface area contributed by atoms with Crippen LogP contribution in [-0.2, 0) is 7.05 Å². The third kappa shape index (κ3) is 1.84. The molecule has 0 saturated carbocycles. The molecule has 1 N–H and O–H groups in total. The van der Waals surface area contributed by atoms with Crippen molar-refractivity contribution in [1.82, 2.24) is 19.1 Å². The lowest BCUT2D eigenvalue weighted by Crippen LogP contribution is -2.11. The summed E-state index contributed by atoms with van der Waals surface area (Å²) in [5.74, 6) is 0.910. The molecule has 1 unspecified atom stereocenters. The summed E-state index contributed by atoms with van der Waals surface area (Å²) in [7, 11) is 1.94. The molecule has 3 rings (SSSR count). The Hall–Kier alpha value is -1.95. The highest BCUT2D eigenvalue weighted by Gasteiger charge is 2.13. The monoisotopic (exact) mass is 259 g/mol. The molecule has 0 amide bonds. The van der Waals surface area contributed by atoms with E-state index in [0.717, 1.165) is 21.7 Å². The maximum Gasteiger partial charge on any atom is 0.154 e. The van der Waals surface area contributed by atoms with Crippen LogP contribution in [0.3, 0.4) is 0 Å². The summed E-state index contributed by atoms with van der Waals surface area (Å²) in [6.07, 6.45) is 1.71. The van der Waals surface area contributed by atoms with E-state index in [9.17, 15) is 0 Å². The molecule has 1 atom stereocenters. The Kier molecular flexibility index (Phi) is 2.71. The zero-order valence-corrected chi connectivity index (χ0v) is 11.0. The van der Waals surface area contributed by atoms with Crippen molar-refractivity contribution in [1.29, 1.82) is 0 Å². The van der Waals surface area contributed by atoms with Crippen molar-refractivity contribution in [2.45, 2.75) is 13.0 Å². The highest BCUT2D eigenvalue weighted by Crippen LogP contribution is 2.30. The van der Waals surface area contributed by atoms with E-state index in [2.05, 4.69) is 32.9 Å². The molecule has 0 saturated heterocycles. The Morgan fingerprint density at radius 2 is 2.17 bits per heavy atom. The van der Waals surface area contributed by atoms with Gasteiger partial charge in [-0.2, -0.15) is 4.37 Å². The number of aryl methyl sites for hydroxylation is 1. The molecule has 0 radical (unpaired) electrons. The van der Waals surface area contributed by atoms with E-state index in [1.54, 1.807) is 6.33 Å². The van der Waals surface area contributed by atoms with Gasteiger partial charge in [0.1, 0.15) is 11.3 Å². The minimum Gasteiger partial charge on any atom is -0.365 e. The molecule has 0 spiro atoms. The van der Waals surface area contributed by atoms with Crippen LogP contribution in [-0.4, -0.2) is 19.1 Å². The molecule has 0 aliphatic heterocycles. The highest BCUT2D eigenvalue weighted by atomic mass is 32.1. The van der Waals surface area contributed by atoms with Crippen LogP contribution in [0.1, 0.15) is 18.8 Å². The van der Waals surface area contributed by atoms with Crippen LogP contribution >= 0.6 is 11.5 Å². The van der Waals surface area contributed by atoms with E-state index in [4.69, 9.17) is 0 Å². The normalized spacial score (nSPS) is 12.8. The van der Waals surface area contributed by atoms with Crippen LogP contribution in [0.25, 0.3) is 10.9 Å². The summed E-state index contributed by atoms with van der Waals surface area (Å²) in [5, 5.41) is 13.7. The van der Waals surface area contributed by atoms with Crippen molar-refractivity contribution in [2.75, 3.05) is 5.32 Å². The van der Waals surface area contributed by atoms with Crippen molar-refractivity contribution in [3.8, 4) is 0 Å². The standard InChI is InChI=1S/C12H13N5S/c1-8(11-15-13-7-17(11)2)14-12-9-5-3-4-6-10(9)16-18-12/h3-8,14H,1-2H3. The minimum absolute atomic E-state index is 0.0985. The van der Waals surface area contributed by atoms with Crippen molar-refractivity contribution < 1.29 is 0 Å². The fourth-order valence-electron chi connectivity index (χ4n) is 1.94. The zero-order chi connectivity index (χ0) is 12.5. The second kappa shape index (κ2) is 4.38. The smallest absolute Gasteiger partial charge is 0.154 e. The van der Waals surface area contributed by atoms with E-state index in [-0.39, 0.29) is 6.04 Å². The van der Waals surface area contributed by atoms with Crippen molar-refractivity contribution in [3.63, 3.8) is 0 Å². The molecule has 18 heavy (non-hydrogen) atoms.